The summed E-state index contributed by atoms with van der Waals surface area (Å²) in [5, 5.41) is 0. The minimum Gasteiger partial charge on any atom is -0.366 e. The quantitative estimate of drug-likeness (QED) is 0.690. The molecule has 0 spiro atoms. The Bertz CT molecular complexity index is 340. The molecule has 2 rings (SSSR count). The molecule has 0 aliphatic heterocycles. The molecule has 2 aromatic rings. The van der Waals surface area contributed by atoms with Crippen molar-refractivity contribution in [2.75, 3.05) is 0 Å². The second kappa shape index (κ2) is 5.47. The topological polar surface area (TPSA) is 84.7 Å². The number of hydrogen-bond donors (Lipinski definition) is 2. The molecule has 72 valence electrons. The molecule has 0 unspecified atom stereocenters. The first-order valence-corrected chi connectivity index (χ1v) is 3.93. The zero-order chi connectivity index (χ0) is 10.2. The number of carbonyl (C=O) groups is 1. The van der Waals surface area contributed by atoms with E-state index in [1.807, 2.05) is 0 Å². The summed E-state index contributed by atoms with van der Waals surface area (Å²) in [6, 6.07) is 3.29. The van der Waals surface area contributed by atoms with Gasteiger partial charge < -0.3 is 10.7 Å². The molecular weight excluding hydrogens is 180 g/mol. The first kappa shape index (κ1) is 9.91. The minimum atomic E-state index is -0.442. The molecule has 0 saturated heterocycles. The first-order valence-electron chi connectivity index (χ1n) is 3.93. The zero-order valence-corrected chi connectivity index (χ0v) is 7.42. The second-order valence-corrected chi connectivity index (χ2v) is 2.37. The van der Waals surface area contributed by atoms with Crippen molar-refractivity contribution in [3.8, 4) is 0 Å². The highest BCUT2D eigenvalue weighted by molar-refractivity contribution is 5.92. The number of nitrogens with one attached hydrogen (secondary N) is 1. The summed E-state index contributed by atoms with van der Waals surface area (Å²) in [6.07, 6.45) is 8.11. The van der Waals surface area contributed by atoms with Gasteiger partial charge in [0.1, 0.15) is 0 Å². The Hall–Kier alpha value is -2.17. The maximum atomic E-state index is 10.4. The van der Waals surface area contributed by atoms with Gasteiger partial charge in [-0.1, -0.05) is 0 Å². The van der Waals surface area contributed by atoms with Crippen LogP contribution < -0.4 is 5.73 Å². The molecule has 0 bridgehead atoms. The fourth-order valence-corrected chi connectivity index (χ4v) is 0.724. The van der Waals surface area contributed by atoms with Crippen LogP contribution in [0.25, 0.3) is 0 Å². The Morgan fingerprint density at radius 1 is 1.36 bits per heavy atom. The van der Waals surface area contributed by atoms with Crippen molar-refractivity contribution in [1.82, 2.24) is 15.0 Å². The van der Waals surface area contributed by atoms with Gasteiger partial charge in [0, 0.05) is 24.8 Å². The average molecular weight is 190 g/mol. The zero-order valence-electron chi connectivity index (χ0n) is 7.42. The number of rotatable bonds is 1. The van der Waals surface area contributed by atoms with Crippen molar-refractivity contribution >= 4 is 5.91 Å². The standard InChI is InChI=1S/C6H6N2O.C3H4N2/c7-6(9)5-2-1-3-8-4-5;1-2-5-3-4-1/h1-4H,(H2,7,9);1-3H,(H,4,5). The van der Waals surface area contributed by atoms with Crippen LogP contribution in [0.2, 0.25) is 0 Å². The Kier molecular flexibility index (Phi) is 3.87. The maximum absolute atomic E-state index is 10.4. The van der Waals surface area contributed by atoms with E-state index in [4.69, 9.17) is 5.73 Å². The number of amides is 1. The van der Waals surface area contributed by atoms with Crippen LogP contribution >= 0.6 is 0 Å². The molecule has 14 heavy (non-hydrogen) atoms. The molecule has 0 fully saturated rings. The van der Waals surface area contributed by atoms with Crippen molar-refractivity contribution in [1.29, 1.82) is 0 Å². The summed E-state index contributed by atoms with van der Waals surface area (Å²) in [4.78, 5) is 20.5. The summed E-state index contributed by atoms with van der Waals surface area (Å²) < 4.78 is 0. The molecule has 3 N–H and O–H groups in total. The van der Waals surface area contributed by atoms with Gasteiger partial charge >= 0.3 is 0 Å². The SMILES string of the molecule is NC(=O)c1cccnc1.c1c[nH]cn1. The molecule has 0 aromatic carbocycles. The van der Waals surface area contributed by atoms with Crippen LogP contribution in [0.3, 0.4) is 0 Å². The molecular formula is C9H10N4O. The number of aromatic amines is 1. The fourth-order valence-electron chi connectivity index (χ4n) is 0.724. The van der Waals surface area contributed by atoms with Gasteiger partial charge in [0.05, 0.1) is 11.9 Å². The lowest BCUT2D eigenvalue weighted by Gasteiger charge is -1.88. The largest absolute Gasteiger partial charge is 0.366 e. The monoisotopic (exact) mass is 190 g/mol. The third kappa shape index (κ3) is 3.48. The van der Waals surface area contributed by atoms with Crippen LogP contribution in [0, 0.1) is 0 Å². The van der Waals surface area contributed by atoms with E-state index in [1.54, 1.807) is 37.1 Å². The molecule has 2 aromatic heterocycles. The van der Waals surface area contributed by atoms with Crippen molar-refractivity contribution in [2.24, 2.45) is 5.73 Å². The average Bonchev–Trinajstić information content (AvgIpc) is 2.77. The Morgan fingerprint density at radius 3 is 2.50 bits per heavy atom. The van der Waals surface area contributed by atoms with Gasteiger partial charge in [0.25, 0.3) is 0 Å². The lowest BCUT2D eigenvalue weighted by atomic mass is 10.3. The highest BCUT2D eigenvalue weighted by atomic mass is 16.1. The maximum Gasteiger partial charge on any atom is 0.250 e. The summed E-state index contributed by atoms with van der Waals surface area (Å²) in [6.45, 7) is 0. The molecule has 2 heterocycles. The summed E-state index contributed by atoms with van der Waals surface area (Å²) in [7, 11) is 0. The Morgan fingerprint density at radius 2 is 2.21 bits per heavy atom. The number of nitrogens with two attached hydrogens (primary N) is 1. The number of imidazole rings is 1. The van der Waals surface area contributed by atoms with E-state index < -0.39 is 5.91 Å². The number of primary amides is 1. The Balaban J connectivity index is 0.000000165. The van der Waals surface area contributed by atoms with Gasteiger partial charge in [-0.2, -0.15) is 0 Å². The van der Waals surface area contributed by atoms with Crippen LogP contribution in [0.1, 0.15) is 10.4 Å². The predicted octanol–water partition coefficient (Wildman–Crippen LogP) is 0.590. The molecule has 0 aliphatic carbocycles. The number of H-pyrrole nitrogens is 1. The van der Waals surface area contributed by atoms with Crippen LogP contribution in [-0.4, -0.2) is 20.9 Å². The van der Waals surface area contributed by atoms with E-state index in [2.05, 4.69) is 15.0 Å². The first-order chi connectivity index (χ1) is 6.80. The highest BCUT2D eigenvalue weighted by Crippen LogP contribution is 1.91. The van der Waals surface area contributed by atoms with Crippen LogP contribution in [0.4, 0.5) is 0 Å². The van der Waals surface area contributed by atoms with E-state index >= 15 is 0 Å². The van der Waals surface area contributed by atoms with Gasteiger partial charge in [-0.25, -0.2) is 4.98 Å². The van der Waals surface area contributed by atoms with Crippen molar-refractivity contribution in [3.05, 3.63) is 48.8 Å². The lowest BCUT2D eigenvalue weighted by Crippen LogP contribution is -2.10. The predicted molar refractivity (Wildman–Crippen MR) is 51.3 cm³/mol. The summed E-state index contributed by atoms with van der Waals surface area (Å²) in [5.41, 5.74) is 5.38. The summed E-state index contributed by atoms with van der Waals surface area (Å²) in [5.74, 6) is -0.442. The van der Waals surface area contributed by atoms with Gasteiger partial charge in [0.2, 0.25) is 5.91 Å². The normalized spacial score (nSPS) is 8.57. The van der Waals surface area contributed by atoms with E-state index in [-0.39, 0.29) is 0 Å². The molecule has 5 heteroatoms. The number of carbonyl (C=O) groups excluding carboxylic acids is 1. The summed E-state index contributed by atoms with van der Waals surface area (Å²) >= 11 is 0. The number of aromatic nitrogens is 3. The number of pyridine rings is 1. The molecule has 1 amide bonds. The highest BCUT2D eigenvalue weighted by Gasteiger charge is 1.94. The van der Waals surface area contributed by atoms with Crippen molar-refractivity contribution in [2.45, 2.75) is 0 Å². The third-order valence-electron chi connectivity index (χ3n) is 1.35. The molecule has 5 nitrogen and oxygen atoms in total. The van der Waals surface area contributed by atoms with E-state index in [9.17, 15) is 4.79 Å². The third-order valence-corrected chi connectivity index (χ3v) is 1.35. The second-order valence-electron chi connectivity index (χ2n) is 2.37. The van der Waals surface area contributed by atoms with Gasteiger partial charge in [-0.05, 0) is 12.1 Å². The molecule has 0 saturated carbocycles. The molecule has 0 aliphatic rings. The lowest BCUT2D eigenvalue weighted by molar-refractivity contribution is 0.1000. The van der Waals surface area contributed by atoms with Gasteiger partial charge in [-0.3, -0.25) is 9.78 Å². The van der Waals surface area contributed by atoms with Gasteiger partial charge in [0.15, 0.2) is 0 Å². The smallest absolute Gasteiger partial charge is 0.250 e. The minimum absolute atomic E-state index is 0.442. The molecule has 0 radical (unpaired) electrons. The van der Waals surface area contributed by atoms with E-state index in [1.165, 1.54) is 6.20 Å². The van der Waals surface area contributed by atoms with E-state index in [0.717, 1.165) is 0 Å². The fraction of sp³-hybridized carbons (Fsp3) is 0. The number of hydrogen-bond acceptors (Lipinski definition) is 3. The van der Waals surface area contributed by atoms with Crippen molar-refractivity contribution in [3.63, 3.8) is 0 Å². The molecule has 0 atom stereocenters. The van der Waals surface area contributed by atoms with Crippen LogP contribution in [0.5, 0.6) is 0 Å². The van der Waals surface area contributed by atoms with Gasteiger partial charge in [-0.15, -0.1) is 0 Å². The number of nitrogens with zero attached hydrogens (tertiary/aromatic N) is 2. The Labute approximate surface area is 81.0 Å². The van der Waals surface area contributed by atoms with Crippen molar-refractivity contribution < 1.29 is 4.79 Å². The van der Waals surface area contributed by atoms with Crippen LogP contribution in [-0.2, 0) is 0 Å². The van der Waals surface area contributed by atoms with Crippen LogP contribution in [0.15, 0.2) is 43.2 Å². The van der Waals surface area contributed by atoms with E-state index in [0.29, 0.717) is 5.56 Å².